The molecule has 1 atom stereocenters. The summed E-state index contributed by atoms with van der Waals surface area (Å²) in [5.41, 5.74) is 0.506. The van der Waals surface area contributed by atoms with Gasteiger partial charge in [0.2, 0.25) is 0 Å². The van der Waals surface area contributed by atoms with Crippen molar-refractivity contribution in [1.29, 1.82) is 0 Å². The predicted molar refractivity (Wildman–Crippen MR) is 56.9 cm³/mol. The van der Waals surface area contributed by atoms with Crippen LogP contribution in [0.3, 0.4) is 0 Å². The Labute approximate surface area is 83.2 Å². The van der Waals surface area contributed by atoms with Crippen LogP contribution in [0.5, 0.6) is 0 Å². The summed E-state index contributed by atoms with van der Waals surface area (Å²) in [5, 5.41) is 10.3. The first-order chi connectivity index (χ1) is 6.31. The predicted octanol–water partition coefficient (Wildman–Crippen LogP) is 2.40. The summed E-state index contributed by atoms with van der Waals surface area (Å²) < 4.78 is 0. The van der Waals surface area contributed by atoms with Gasteiger partial charge in [-0.25, -0.2) is 0 Å². The van der Waals surface area contributed by atoms with E-state index in [0.717, 1.165) is 24.2 Å². The summed E-state index contributed by atoms with van der Waals surface area (Å²) in [5.74, 6) is 2.03. The van der Waals surface area contributed by atoms with Gasteiger partial charge in [-0.3, -0.25) is 0 Å². The second-order valence-electron chi connectivity index (χ2n) is 3.55. The van der Waals surface area contributed by atoms with Crippen molar-refractivity contribution in [1.82, 2.24) is 0 Å². The Kier molecular flexibility index (Phi) is 2.61. The Hall–Kier alpha value is -0.470. The molecule has 0 amide bonds. The van der Waals surface area contributed by atoms with Gasteiger partial charge >= 0.3 is 0 Å². The maximum atomic E-state index is 10.3. The second-order valence-corrected chi connectivity index (χ2v) is 4.66. The van der Waals surface area contributed by atoms with Gasteiger partial charge in [-0.05, 0) is 24.2 Å². The molecule has 0 unspecified atom stereocenters. The van der Waals surface area contributed by atoms with E-state index in [0.29, 0.717) is 0 Å². The first kappa shape index (κ1) is 9.10. The van der Waals surface area contributed by atoms with Crippen LogP contribution < -0.4 is 0 Å². The highest BCUT2D eigenvalue weighted by atomic mass is 32.2. The molecule has 0 bridgehead atoms. The van der Waals surface area contributed by atoms with Crippen LogP contribution in [0.1, 0.15) is 18.4 Å². The molecule has 0 aliphatic carbocycles. The normalized spacial score (nSPS) is 28.7. The smallest absolute Gasteiger partial charge is 0.0986 e. The monoisotopic (exact) mass is 194 g/mol. The maximum absolute atomic E-state index is 10.3. The fourth-order valence-corrected chi connectivity index (χ4v) is 2.90. The van der Waals surface area contributed by atoms with Crippen molar-refractivity contribution in [2.24, 2.45) is 0 Å². The van der Waals surface area contributed by atoms with E-state index in [9.17, 15) is 5.11 Å². The van der Waals surface area contributed by atoms with E-state index in [-0.39, 0.29) is 0 Å². The van der Waals surface area contributed by atoms with Gasteiger partial charge in [0.15, 0.2) is 0 Å². The fourth-order valence-electron chi connectivity index (χ4n) is 1.76. The number of hydrogen-bond acceptors (Lipinski definition) is 2. The summed E-state index contributed by atoms with van der Waals surface area (Å²) in [6.45, 7) is 0. The van der Waals surface area contributed by atoms with Crippen LogP contribution in [0, 0.1) is 0 Å². The number of rotatable bonds is 1. The highest BCUT2D eigenvalue weighted by molar-refractivity contribution is 7.99. The zero-order valence-electron chi connectivity index (χ0n) is 7.57. The molecule has 70 valence electrons. The van der Waals surface area contributed by atoms with Crippen LogP contribution in [-0.2, 0) is 5.60 Å². The average Bonchev–Trinajstić information content (AvgIpc) is 2.20. The largest absolute Gasteiger partial charge is 0.384 e. The molecule has 1 N–H and O–H groups in total. The SMILES string of the molecule is O[C@@]1(c2ccccc2)CCCSC1. The van der Waals surface area contributed by atoms with E-state index in [1.165, 1.54) is 5.75 Å². The van der Waals surface area contributed by atoms with E-state index < -0.39 is 5.60 Å². The molecule has 0 aromatic heterocycles. The zero-order chi connectivity index (χ0) is 9.15. The van der Waals surface area contributed by atoms with Crippen molar-refractivity contribution in [2.75, 3.05) is 11.5 Å². The summed E-state index contributed by atoms with van der Waals surface area (Å²) in [6, 6.07) is 10.0. The lowest BCUT2D eigenvalue weighted by atomic mass is 9.91. The first-order valence-electron chi connectivity index (χ1n) is 4.67. The van der Waals surface area contributed by atoms with E-state index in [1.807, 2.05) is 42.1 Å². The summed E-state index contributed by atoms with van der Waals surface area (Å²) in [4.78, 5) is 0. The van der Waals surface area contributed by atoms with E-state index >= 15 is 0 Å². The van der Waals surface area contributed by atoms with Crippen LogP contribution in [0.2, 0.25) is 0 Å². The van der Waals surface area contributed by atoms with Crippen molar-refractivity contribution in [2.45, 2.75) is 18.4 Å². The molecule has 0 spiro atoms. The topological polar surface area (TPSA) is 20.2 Å². The minimum absolute atomic E-state index is 0.565. The third kappa shape index (κ3) is 1.89. The molecule has 1 fully saturated rings. The van der Waals surface area contributed by atoms with Gasteiger partial charge in [-0.15, -0.1) is 0 Å². The highest BCUT2D eigenvalue weighted by Crippen LogP contribution is 2.34. The van der Waals surface area contributed by atoms with Crippen LogP contribution >= 0.6 is 11.8 Å². The minimum atomic E-state index is -0.565. The van der Waals surface area contributed by atoms with Gasteiger partial charge in [0.25, 0.3) is 0 Å². The lowest BCUT2D eigenvalue weighted by Crippen LogP contribution is -2.31. The molecule has 1 aliphatic rings. The van der Waals surface area contributed by atoms with Crippen LogP contribution in [0.15, 0.2) is 30.3 Å². The fraction of sp³-hybridized carbons (Fsp3) is 0.455. The van der Waals surface area contributed by atoms with Gasteiger partial charge in [-0.2, -0.15) is 11.8 Å². The van der Waals surface area contributed by atoms with Crippen LogP contribution in [-0.4, -0.2) is 16.6 Å². The van der Waals surface area contributed by atoms with Crippen molar-refractivity contribution in [3.05, 3.63) is 35.9 Å². The number of hydrogen-bond donors (Lipinski definition) is 1. The molecule has 2 heteroatoms. The van der Waals surface area contributed by atoms with E-state index in [2.05, 4.69) is 0 Å². The molecule has 1 aromatic carbocycles. The molecular weight excluding hydrogens is 180 g/mol. The van der Waals surface area contributed by atoms with Crippen LogP contribution in [0.4, 0.5) is 0 Å². The third-order valence-corrected chi connectivity index (χ3v) is 3.79. The third-order valence-electron chi connectivity index (χ3n) is 2.53. The van der Waals surface area contributed by atoms with Gasteiger partial charge < -0.3 is 5.11 Å². The Morgan fingerprint density at radius 1 is 1.23 bits per heavy atom. The Morgan fingerprint density at radius 3 is 2.62 bits per heavy atom. The minimum Gasteiger partial charge on any atom is -0.384 e. The summed E-state index contributed by atoms with van der Waals surface area (Å²) in [6.07, 6.45) is 2.03. The second kappa shape index (κ2) is 3.72. The number of benzene rings is 1. The molecule has 0 saturated carbocycles. The van der Waals surface area contributed by atoms with Crippen molar-refractivity contribution < 1.29 is 5.11 Å². The maximum Gasteiger partial charge on any atom is 0.0986 e. The summed E-state index contributed by atoms with van der Waals surface area (Å²) in [7, 11) is 0. The molecular formula is C11H14OS. The lowest BCUT2D eigenvalue weighted by Gasteiger charge is -2.32. The van der Waals surface area contributed by atoms with E-state index in [4.69, 9.17) is 0 Å². The Balaban J connectivity index is 2.23. The molecule has 1 aliphatic heterocycles. The van der Waals surface area contributed by atoms with Crippen molar-refractivity contribution in [3.8, 4) is 0 Å². The Bertz CT molecular complexity index is 265. The molecule has 1 nitrogen and oxygen atoms in total. The molecule has 1 heterocycles. The molecule has 1 saturated heterocycles. The van der Waals surface area contributed by atoms with Crippen LogP contribution in [0.25, 0.3) is 0 Å². The average molecular weight is 194 g/mol. The van der Waals surface area contributed by atoms with Gasteiger partial charge in [-0.1, -0.05) is 30.3 Å². The van der Waals surface area contributed by atoms with Crippen molar-refractivity contribution in [3.63, 3.8) is 0 Å². The lowest BCUT2D eigenvalue weighted by molar-refractivity contribution is 0.0495. The molecule has 13 heavy (non-hydrogen) atoms. The van der Waals surface area contributed by atoms with Gasteiger partial charge in [0, 0.05) is 5.75 Å². The number of thioether (sulfide) groups is 1. The first-order valence-corrected chi connectivity index (χ1v) is 5.82. The molecule has 2 rings (SSSR count). The Morgan fingerprint density at radius 2 is 2.00 bits per heavy atom. The zero-order valence-corrected chi connectivity index (χ0v) is 8.39. The number of aliphatic hydroxyl groups is 1. The molecule has 0 radical (unpaired) electrons. The van der Waals surface area contributed by atoms with Gasteiger partial charge in [0.05, 0.1) is 5.60 Å². The van der Waals surface area contributed by atoms with E-state index in [1.54, 1.807) is 0 Å². The quantitative estimate of drug-likeness (QED) is 0.741. The van der Waals surface area contributed by atoms with Gasteiger partial charge in [0.1, 0.15) is 0 Å². The van der Waals surface area contributed by atoms with Crippen molar-refractivity contribution >= 4 is 11.8 Å². The summed E-state index contributed by atoms with van der Waals surface area (Å²) >= 11 is 1.85. The standard InChI is InChI=1S/C11H14OS/c12-11(7-4-8-13-9-11)10-5-2-1-3-6-10/h1-3,5-6,12H,4,7-9H2/t11-/m0/s1. The highest BCUT2D eigenvalue weighted by Gasteiger charge is 2.30. The molecule has 1 aromatic rings.